The van der Waals surface area contributed by atoms with E-state index >= 15 is 0 Å². The number of thiophene rings is 1. The summed E-state index contributed by atoms with van der Waals surface area (Å²) in [6.45, 7) is 1.96. The Kier molecular flexibility index (Phi) is 1.83. The lowest BCUT2D eigenvalue weighted by Gasteiger charge is -2.28. The Morgan fingerprint density at radius 2 is 2.22 bits per heavy atom. The van der Waals surface area contributed by atoms with Crippen molar-refractivity contribution in [2.45, 2.75) is 25.4 Å². The van der Waals surface area contributed by atoms with Gasteiger partial charge in [-0.15, -0.1) is 11.3 Å². The Morgan fingerprint density at radius 3 is 3.11 bits per heavy atom. The van der Waals surface area contributed by atoms with E-state index in [4.69, 9.17) is 4.74 Å². The Labute approximate surface area is 108 Å². The maximum Gasteiger partial charge on any atom is 0.434 e. The molecule has 1 aromatic carbocycles. The first-order chi connectivity index (χ1) is 8.67. The van der Waals surface area contributed by atoms with Crippen molar-refractivity contribution in [1.29, 1.82) is 0 Å². The molecule has 4 heteroatoms. The van der Waals surface area contributed by atoms with Crippen LogP contribution in [0.4, 0.5) is 4.79 Å². The number of ether oxygens (including phenoxy) is 1. The third-order valence-corrected chi connectivity index (χ3v) is 4.98. The highest BCUT2D eigenvalue weighted by molar-refractivity contribution is 7.19. The molecule has 2 aliphatic rings. The van der Waals surface area contributed by atoms with E-state index in [0.717, 1.165) is 24.1 Å². The zero-order chi connectivity index (χ0) is 12.3. The number of carbonyl (C=O) groups excluding carboxylic acids is 1. The van der Waals surface area contributed by atoms with Crippen molar-refractivity contribution in [3.63, 3.8) is 0 Å². The molecule has 1 atom stereocenters. The molecule has 2 heterocycles. The van der Waals surface area contributed by atoms with Crippen LogP contribution in [0.2, 0.25) is 0 Å². The molecule has 2 aromatic rings. The summed E-state index contributed by atoms with van der Waals surface area (Å²) in [7, 11) is 0. The minimum absolute atomic E-state index is 0.448. The molecule has 0 bridgehead atoms. The van der Waals surface area contributed by atoms with Crippen LogP contribution in [0.5, 0.6) is 0 Å². The summed E-state index contributed by atoms with van der Waals surface area (Å²) in [6, 6.07) is 8.29. The fourth-order valence-electron chi connectivity index (χ4n) is 2.85. The summed E-state index contributed by atoms with van der Waals surface area (Å²) in [5, 5.41) is 1.19. The van der Waals surface area contributed by atoms with Crippen LogP contribution in [0.1, 0.15) is 23.8 Å². The van der Waals surface area contributed by atoms with Gasteiger partial charge in [-0.2, -0.15) is 4.99 Å². The molecule has 4 rings (SSSR count). The lowest BCUT2D eigenvalue weighted by molar-refractivity contribution is 0.0876. The second kappa shape index (κ2) is 3.20. The van der Waals surface area contributed by atoms with Gasteiger partial charge in [0.2, 0.25) is 0 Å². The van der Waals surface area contributed by atoms with Gasteiger partial charge in [0.15, 0.2) is 5.60 Å². The van der Waals surface area contributed by atoms with Crippen molar-refractivity contribution in [1.82, 2.24) is 0 Å². The molecule has 1 aromatic heterocycles. The fourth-order valence-corrected chi connectivity index (χ4v) is 4.05. The molecule has 1 unspecified atom stereocenters. The van der Waals surface area contributed by atoms with Crippen LogP contribution in [0, 0.1) is 0 Å². The van der Waals surface area contributed by atoms with Crippen LogP contribution in [0.25, 0.3) is 10.1 Å². The lowest BCUT2D eigenvalue weighted by atomic mass is 9.82. The number of hydrogen-bond donors (Lipinski definition) is 0. The van der Waals surface area contributed by atoms with Gasteiger partial charge in [-0.05, 0) is 25.8 Å². The van der Waals surface area contributed by atoms with Gasteiger partial charge >= 0.3 is 6.09 Å². The molecule has 1 aliphatic carbocycles. The second-order valence-electron chi connectivity index (χ2n) is 4.96. The van der Waals surface area contributed by atoms with E-state index in [1.165, 1.54) is 15.0 Å². The largest absolute Gasteiger partial charge is 0.435 e. The number of benzene rings is 1. The van der Waals surface area contributed by atoms with E-state index < -0.39 is 11.7 Å². The number of nitrogens with zero attached hydrogens (tertiary/aromatic N) is 1. The predicted octanol–water partition coefficient (Wildman–Crippen LogP) is 3.55. The molecule has 0 radical (unpaired) electrons. The Morgan fingerprint density at radius 1 is 1.39 bits per heavy atom. The minimum Gasteiger partial charge on any atom is -0.435 e. The number of fused-ring (bicyclic) bond motifs is 5. The maximum atomic E-state index is 11.5. The van der Waals surface area contributed by atoms with E-state index in [0.29, 0.717) is 0 Å². The highest BCUT2D eigenvalue weighted by atomic mass is 32.1. The van der Waals surface area contributed by atoms with Crippen LogP contribution in [-0.2, 0) is 11.2 Å². The average molecular weight is 257 g/mol. The molecule has 3 nitrogen and oxygen atoms in total. The van der Waals surface area contributed by atoms with Crippen LogP contribution < -0.4 is 0 Å². The molecule has 0 spiro atoms. The van der Waals surface area contributed by atoms with Gasteiger partial charge in [0.1, 0.15) is 5.71 Å². The van der Waals surface area contributed by atoms with Gasteiger partial charge in [-0.25, -0.2) is 4.79 Å². The monoisotopic (exact) mass is 257 g/mol. The summed E-state index contributed by atoms with van der Waals surface area (Å²) in [5.74, 6) is 0. The van der Waals surface area contributed by atoms with Crippen molar-refractivity contribution >= 4 is 33.2 Å². The van der Waals surface area contributed by atoms with Crippen LogP contribution in [0.3, 0.4) is 0 Å². The van der Waals surface area contributed by atoms with E-state index in [1.54, 1.807) is 11.3 Å². The number of rotatable bonds is 0. The van der Waals surface area contributed by atoms with Gasteiger partial charge in [0.05, 0.1) is 0 Å². The normalized spacial score (nSPS) is 25.6. The van der Waals surface area contributed by atoms with E-state index in [-0.39, 0.29) is 0 Å². The summed E-state index contributed by atoms with van der Waals surface area (Å²) in [4.78, 5) is 16.9. The smallest absolute Gasteiger partial charge is 0.434 e. The summed E-state index contributed by atoms with van der Waals surface area (Å²) >= 11 is 1.80. The molecule has 0 saturated heterocycles. The Bertz CT molecular complexity index is 716. The Hall–Kier alpha value is -1.68. The van der Waals surface area contributed by atoms with Gasteiger partial charge < -0.3 is 4.74 Å². The SMILES string of the molecule is CC12CCc3sc4ccccc4c3C1=NC(=O)O2. The first kappa shape index (κ1) is 10.3. The minimum atomic E-state index is -0.520. The summed E-state index contributed by atoms with van der Waals surface area (Å²) in [5.41, 5.74) is 1.44. The van der Waals surface area contributed by atoms with Crippen molar-refractivity contribution in [3.8, 4) is 0 Å². The topological polar surface area (TPSA) is 38.7 Å². The number of aryl methyl sites for hydroxylation is 1. The average Bonchev–Trinajstić information content (AvgIpc) is 2.85. The molecular weight excluding hydrogens is 246 g/mol. The second-order valence-corrected chi connectivity index (χ2v) is 6.09. The van der Waals surface area contributed by atoms with Gasteiger partial charge in [0, 0.05) is 20.5 Å². The fraction of sp³-hybridized carbons (Fsp3) is 0.286. The summed E-state index contributed by atoms with van der Waals surface area (Å²) in [6.07, 6.45) is 1.34. The third kappa shape index (κ3) is 1.18. The van der Waals surface area contributed by atoms with E-state index in [9.17, 15) is 4.79 Å². The van der Waals surface area contributed by atoms with Crippen molar-refractivity contribution in [2.24, 2.45) is 4.99 Å². The first-order valence-corrected chi connectivity index (χ1v) is 6.82. The number of amides is 1. The van der Waals surface area contributed by atoms with E-state index in [1.807, 2.05) is 19.1 Å². The molecule has 0 fully saturated rings. The molecule has 0 N–H and O–H groups in total. The molecule has 1 amide bonds. The van der Waals surface area contributed by atoms with Crippen molar-refractivity contribution in [2.75, 3.05) is 0 Å². The highest BCUT2D eigenvalue weighted by Crippen LogP contribution is 2.43. The van der Waals surface area contributed by atoms with Gasteiger partial charge in [-0.3, -0.25) is 0 Å². The van der Waals surface area contributed by atoms with Crippen molar-refractivity contribution in [3.05, 3.63) is 34.7 Å². The first-order valence-electron chi connectivity index (χ1n) is 6.00. The zero-order valence-corrected chi connectivity index (χ0v) is 10.7. The lowest BCUT2D eigenvalue weighted by Crippen LogP contribution is -2.38. The summed E-state index contributed by atoms with van der Waals surface area (Å²) < 4.78 is 6.65. The van der Waals surface area contributed by atoms with Crippen LogP contribution in [0.15, 0.2) is 29.3 Å². The zero-order valence-electron chi connectivity index (χ0n) is 9.90. The molecule has 1 aliphatic heterocycles. The molecule has 90 valence electrons. The van der Waals surface area contributed by atoms with E-state index in [2.05, 4.69) is 17.1 Å². The maximum absolute atomic E-state index is 11.5. The van der Waals surface area contributed by atoms with Crippen LogP contribution >= 0.6 is 11.3 Å². The molecule has 0 saturated carbocycles. The quantitative estimate of drug-likeness (QED) is 0.724. The highest BCUT2D eigenvalue weighted by Gasteiger charge is 2.46. The van der Waals surface area contributed by atoms with Crippen molar-refractivity contribution < 1.29 is 9.53 Å². The van der Waals surface area contributed by atoms with Gasteiger partial charge in [0.25, 0.3) is 0 Å². The van der Waals surface area contributed by atoms with Gasteiger partial charge in [-0.1, -0.05) is 18.2 Å². The Balaban J connectivity index is 2.07. The number of hydrogen-bond acceptors (Lipinski definition) is 3. The molecule has 18 heavy (non-hydrogen) atoms. The number of aliphatic imine (C=N–C) groups is 1. The predicted molar refractivity (Wildman–Crippen MR) is 71.6 cm³/mol. The third-order valence-electron chi connectivity index (χ3n) is 3.75. The van der Waals surface area contributed by atoms with Crippen LogP contribution in [-0.4, -0.2) is 17.4 Å². The molecular formula is C14H11NO2S. The number of carbonyl (C=O) groups is 1. The standard InChI is InChI=1S/C14H11NO2S/c1-14-7-6-10-11(12(14)15-13(16)17-14)8-4-2-3-5-9(8)18-10/h2-5H,6-7H2,1H3.